The lowest BCUT2D eigenvalue weighted by molar-refractivity contribution is -0.119. The Morgan fingerprint density at radius 1 is 1.23 bits per heavy atom. The van der Waals surface area contributed by atoms with Crippen molar-refractivity contribution in [2.24, 2.45) is 0 Å². The van der Waals surface area contributed by atoms with Crippen LogP contribution in [0, 0.1) is 12.7 Å². The highest BCUT2D eigenvalue weighted by Crippen LogP contribution is 2.28. The van der Waals surface area contributed by atoms with E-state index in [2.05, 4.69) is 11.1 Å². The molecule has 26 heavy (non-hydrogen) atoms. The van der Waals surface area contributed by atoms with Gasteiger partial charge in [-0.05, 0) is 49.6 Å². The largest absolute Gasteiger partial charge is 0.311 e. The first-order valence-corrected chi connectivity index (χ1v) is 8.57. The van der Waals surface area contributed by atoms with Gasteiger partial charge in [0.15, 0.2) is 0 Å². The first-order chi connectivity index (χ1) is 12.5. The topological polar surface area (TPSA) is 55.2 Å². The minimum absolute atomic E-state index is 0.119. The molecule has 0 saturated carbocycles. The van der Waals surface area contributed by atoms with Crippen LogP contribution in [0.15, 0.2) is 47.5 Å². The van der Waals surface area contributed by atoms with Crippen LogP contribution in [0.3, 0.4) is 0 Å². The van der Waals surface area contributed by atoms with Crippen molar-refractivity contribution in [2.45, 2.75) is 26.3 Å². The summed E-state index contributed by atoms with van der Waals surface area (Å²) in [5, 5.41) is 0.176. The maximum absolute atomic E-state index is 13.4. The third kappa shape index (κ3) is 2.87. The monoisotopic (exact) mass is 351 g/mol. The number of benzene rings is 2. The molecule has 132 valence electrons. The molecule has 5 nitrogen and oxygen atoms in total. The summed E-state index contributed by atoms with van der Waals surface area (Å²) < 4.78 is 14.7. The molecule has 2 heterocycles. The Bertz CT molecular complexity index is 1070. The van der Waals surface area contributed by atoms with Gasteiger partial charge in [0.05, 0.1) is 17.2 Å². The molecule has 1 aromatic heterocycles. The van der Waals surface area contributed by atoms with Crippen LogP contribution in [0.25, 0.3) is 10.9 Å². The Hall–Kier alpha value is -3.02. The van der Waals surface area contributed by atoms with Gasteiger partial charge >= 0.3 is 0 Å². The number of anilines is 1. The van der Waals surface area contributed by atoms with Crippen molar-refractivity contribution >= 4 is 22.5 Å². The van der Waals surface area contributed by atoms with Crippen LogP contribution >= 0.6 is 0 Å². The molecule has 0 bridgehead atoms. The predicted molar refractivity (Wildman–Crippen MR) is 97.8 cm³/mol. The summed E-state index contributed by atoms with van der Waals surface area (Å²) in [5.41, 5.74) is 3.22. The van der Waals surface area contributed by atoms with E-state index >= 15 is 0 Å². The predicted octanol–water partition coefficient (Wildman–Crippen LogP) is 2.82. The smallest absolute Gasteiger partial charge is 0.261 e. The summed E-state index contributed by atoms with van der Waals surface area (Å²) in [5.74, 6) is -0.671. The summed E-state index contributed by atoms with van der Waals surface area (Å²) in [4.78, 5) is 31.3. The minimum atomic E-state index is -0.499. The molecule has 1 aliphatic heterocycles. The number of amides is 1. The fourth-order valence-corrected chi connectivity index (χ4v) is 3.46. The van der Waals surface area contributed by atoms with Crippen LogP contribution in [-0.2, 0) is 17.8 Å². The second-order valence-corrected chi connectivity index (χ2v) is 6.62. The Morgan fingerprint density at radius 2 is 2.08 bits per heavy atom. The fourth-order valence-electron chi connectivity index (χ4n) is 3.46. The molecule has 1 amide bonds. The molecule has 1 aliphatic rings. The van der Waals surface area contributed by atoms with Crippen LogP contribution in [0.4, 0.5) is 10.1 Å². The van der Waals surface area contributed by atoms with Crippen molar-refractivity contribution in [3.05, 3.63) is 70.0 Å². The molecular formula is C20H18FN3O2. The van der Waals surface area contributed by atoms with Crippen molar-refractivity contribution in [2.75, 3.05) is 11.4 Å². The molecule has 6 heteroatoms. The number of carbonyl (C=O) groups excluding carboxylic acids is 1. The summed E-state index contributed by atoms with van der Waals surface area (Å²) in [6.07, 6.45) is 3.18. The number of rotatable bonds is 2. The molecule has 0 radical (unpaired) electrons. The van der Waals surface area contributed by atoms with Crippen molar-refractivity contribution in [1.29, 1.82) is 0 Å². The number of halogens is 1. The summed E-state index contributed by atoms with van der Waals surface area (Å²) in [6.45, 7) is 2.53. The van der Waals surface area contributed by atoms with Gasteiger partial charge in [0.25, 0.3) is 5.56 Å². The van der Waals surface area contributed by atoms with Crippen molar-refractivity contribution in [3.63, 3.8) is 0 Å². The van der Waals surface area contributed by atoms with Gasteiger partial charge in [-0.1, -0.05) is 17.7 Å². The Balaban J connectivity index is 1.67. The average Bonchev–Trinajstić information content (AvgIpc) is 2.63. The van der Waals surface area contributed by atoms with Crippen LogP contribution in [0.1, 0.15) is 17.5 Å². The second-order valence-electron chi connectivity index (χ2n) is 6.62. The van der Waals surface area contributed by atoms with Crippen LogP contribution in [0.2, 0.25) is 0 Å². The lowest BCUT2D eigenvalue weighted by Gasteiger charge is -2.30. The van der Waals surface area contributed by atoms with E-state index in [-0.39, 0.29) is 17.8 Å². The molecule has 0 atom stereocenters. The first-order valence-electron chi connectivity index (χ1n) is 8.57. The van der Waals surface area contributed by atoms with Crippen LogP contribution in [0.5, 0.6) is 0 Å². The Kier molecular flexibility index (Phi) is 4.03. The molecule has 0 spiro atoms. The number of aryl methyl sites for hydroxylation is 2. The SMILES string of the molecule is Cc1ccc2c(c1)CCCN2C(=O)Cn1cnc2ccc(F)cc2c1=O. The van der Waals surface area contributed by atoms with E-state index in [9.17, 15) is 14.0 Å². The molecule has 2 aromatic carbocycles. The molecule has 0 N–H and O–H groups in total. The van der Waals surface area contributed by atoms with Crippen LogP contribution in [-0.4, -0.2) is 22.0 Å². The third-order valence-electron chi connectivity index (χ3n) is 4.75. The highest BCUT2D eigenvalue weighted by atomic mass is 19.1. The molecule has 0 saturated heterocycles. The molecule has 0 unspecified atom stereocenters. The number of nitrogens with zero attached hydrogens (tertiary/aromatic N) is 3. The van der Waals surface area contributed by atoms with E-state index in [1.807, 2.05) is 19.1 Å². The van der Waals surface area contributed by atoms with Gasteiger partial charge in [-0.15, -0.1) is 0 Å². The maximum Gasteiger partial charge on any atom is 0.261 e. The number of hydrogen-bond acceptors (Lipinski definition) is 3. The van der Waals surface area contributed by atoms with Gasteiger partial charge in [0, 0.05) is 12.2 Å². The quantitative estimate of drug-likeness (QED) is 0.713. The molecule has 0 fully saturated rings. The van der Waals surface area contributed by atoms with Gasteiger partial charge in [0.1, 0.15) is 12.4 Å². The van der Waals surface area contributed by atoms with Crippen molar-refractivity contribution in [3.8, 4) is 0 Å². The number of carbonyl (C=O) groups is 1. The van der Waals surface area contributed by atoms with Gasteiger partial charge in [-0.2, -0.15) is 0 Å². The normalized spacial score (nSPS) is 13.7. The second kappa shape index (κ2) is 6.37. The van der Waals surface area contributed by atoms with E-state index in [1.165, 1.54) is 23.0 Å². The maximum atomic E-state index is 13.4. The zero-order valence-corrected chi connectivity index (χ0v) is 14.4. The molecule has 4 rings (SSSR count). The Labute approximate surface area is 149 Å². The van der Waals surface area contributed by atoms with Crippen molar-refractivity contribution < 1.29 is 9.18 Å². The molecule has 0 aliphatic carbocycles. The standard InChI is InChI=1S/C20H18FN3O2/c1-13-4-7-18-14(9-13)3-2-8-24(18)19(25)11-23-12-22-17-6-5-15(21)10-16(17)20(23)26/h4-7,9-10,12H,2-3,8,11H2,1H3. The lowest BCUT2D eigenvalue weighted by Crippen LogP contribution is -2.39. The van der Waals surface area contributed by atoms with E-state index in [0.717, 1.165) is 35.7 Å². The highest BCUT2D eigenvalue weighted by molar-refractivity contribution is 5.94. The zero-order chi connectivity index (χ0) is 18.3. The van der Waals surface area contributed by atoms with Gasteiger partial charge in [-0.3, -0.25) is 14.2 Å². The number of fused-ring (bicyclic) bond motifs is 2. The summed E-state index contributed by atoms with van der Waals surface area (Å²) >= 11 is 0. The van der Waals surface area contributed by atoms with Gasteiger partial charge in [-0.25, -0.2) is 9.37 Å². The van der Waals surface area contributed by atoms with E-state index in [4.69, 9.17) is 0 Å². The highest BCUT2D eigenvalue weighted by Gasteiger charge is 2.23. The van der Waals surface area contributed by atoms with Crippen molar-refractivity contribution in [1.82, 2.24) is 9.55 Å². The number of aromatic nitrogens is 2. The van der Waals surface area contributed by atoms with E-state index in [0.29, 0.717) is 12.1 Å². The summed E-state index contributed by atoms with van der Waals surface area (Å²) in [6, 6.07) is 9.92. The average molecular weight is 351 g/mol. The van der Waals surface area contributed by atoms with Gasteiger partial charge < -0.3 is 4.90 Å². The Morgan fingerprint density at radius 3 is 2.92 bits per heavy atom. The van der Waals surface area contributed by atoms with Crippen LogP contribution < -0.4 is 10.5 Å². The zero-order valence-electron chi connectivity index (χ0n) is 14.4. The molecule has 3 aromatic rings. The first kappa shape index (κ1) is 16.4. The summed E-state index contributed by atoms with van der Waals surface area (Å²) in [7, 11) is 0. The van der Waals surface area contributed by atoms with E-state index in [1.54, 1.807) is 4.90 Å². The lowest BCUT2D eigenvalue weighted by atomic mass is 9.99. The van der Waals surface area contributed by atoms with E-state index < -0.39 is 11.4 Å². The number of hydrogen-bond donors (Lipinski definition) is 0. The molecular weight excluding hydrogens is 333 g/mol. The minimum Gasteiger partial charge on any atom is -0.311 e. The van der Waals surface area contributed by atoms with Gasteiger partial charge in [0.2, 0.25) is 5.91 Å². The fraction of sp³-hybridized carbons (Fsp3) is 0.250. The third-order valence-corrected chi connectivity index (χ3v) is 4.75.